The molecule has 0 aliphatic carbocycles. The number of aromatic nitrogens is 1. The Bertz CT molecular complexity index is 896. The molecule has 3 atom stereocenters. The Morgan fingerprint density at radius 3 is 2.69 bits per heavy atom. The number of aryl methyl sites for hydroxylation is 1. The van der Waals surface area contributed by atoms with Gasteiger partial charge in [-0.3, -0.25) is 4.79 Å². The minimum atomic E-state index is -1.26. The molecule has 3 rings (SSSR count). The van der Waals surface area contributed by atoms with Gasteiger partial charge in [-0.1, -0.05) is 26.8 Å². The van der Waals surface area contributed by atoms with Gasteiger partial charge in [0, 0.05) is 17.1 Å². The van der Waals surface area contributed by atoms with Crippen LogP contribution in [0.3, 0.4) is 0 Å². The number of nitrogens with zero attached hydrogens (tertiary/aromatic N) is 2. The zero-order chi connectivity index (χ0) is 21.3. The molecule has 0 spiro atoms. The van der Waals surface area contributed by atoms with Crippen LogP contribution < -0.4 is 4.74 Å². The minimum Gasteiger partial charge on any atom is -0.496 e. The van der Waals surface area contributed by atoms with Crippen LogP contribution in [0.15, 0.2) is 29.8 Å². The second-order valence-electron chi connectivity index (χ2n) is 8.29. The summed E-state index contributed by atoms with van der Waals surface area (Å²) in [5.74, 6) is -0.539. The van der Waals surface area contributed by atoms with E-state index in [1.165, 1.54) is 11.3 Å². The number of hydrogen-bond acceptors (Lipinski definition) is 5. The lowest BCUT2D eigenvalue weighted by molar-refractivity contribution is -0.150. The lowest BCUT2D eigenvalue weighted by Crippen LogP contribution is -2.54. The summed E-state index contributed by atoms with van der Waals surface area (Å²) in [6.45, 7) is 7.89. The van der Waals surface area contributed by atoms with Crippen molar-refractivity contribution in [2.45, 2.75) is 52.1 Å². The van der Waals surface area contributed by atoms with Crippen molar-refractivity contribution in [3.63, 3.8) is 0 Å². The topological polar surface area (TPSA) is 79.7 Å². The smallest absolute Gasteiger partial charge is 0.329 e. The number of likely N-dealkylation sites (tertiary alicyclic amines) is 1. The fourth-order valence-corrected chi connectivity index (χ4v) is 5.41. The van der Waals surface area contributed by atoms with Crippen molar-refractivity contribution < 1.29 is 19.4 Å². The molecule has 0 saturated carbocycles. The Morgan fingerprint density at radius 1 is 1.41 bits per heavy atom. The molecule has 0 bridgehead atoms. The Balaban J connectivity index is 2.16. The highest BCUT2D eigenvalue weighted by Gasteiger charge is 2.58. The van der Waals surface area contributed by atoms with Crippen molar-refractivity contribution in [1.29, 1.82) is 0 Å². The number of carboxylic acids is 1. The third kappa shape index (κ3) is 3.75. The first-order valence-corrected chi connectivity index (χ1v) is 10.7. The molecule has 1 fully saturated rings. The zero-order valence-electron chi connectivity index (χ0n) is 17.5. The van der Waals surface area contributed by atoms with E-state index in [1.54, 1.807) is 30.3 Å². The quantitative estimate of drug-likeness (QED) is 0.747. The second-order valence-corrected chi connectivity index (χ2v) is 9.22. The van der Waals surface area contributed by atoms with Gasteiger partial charge in [0.25, 0.3) is 5.91 Å². The van der Waals surface area contributed by atoms with E-state index in [0.29, 0.717) is 24.2 Å². The zero-order valence-corrected chi connectivity index (χ0v) is 18.3. The number of thiazole rings is 1. The molecule has 6 nitrogen and oxygen atoms in total. The van der Waals surface area contributed by atoms with Crippen LogP contribution in [0.4, 0.5) is 0 Å². The van der Waals surface area contributed by atoms with Gasteiger partial charge in [-0.2, -0.15) is 0 Å². The van der Waals surface area contributed by atoms with E-state index in [2.05, 4.69) is 4.98 Å². The predicted molar refractivity (Wildman–Crippen MR) is 112 cm³/mol. The van der Waals surface area contributed by atoms with Gasteiger partial charge < -0.3 is 14.7 Å². The summed E-state index contributed by atoms with van der Waals surface area (Å²) in [4.78, 5) is 32.4. The Morgan fingerprint density at radius 2 is 2.14 bits per heavy atom. The molecule has 0 radical (unpaired) electrons. The van der Waals surface area contributed by atoms with Crippen LogP contribution in [0.2, 0.25) is 0 Å². The van der Waals surface area contributed by atoms with E-state index in [9.17, 15) is 14.7 Å². The van der Waals surface area contributed by atoms with Crippen molar-refractivity contribution >= 4 is 23.2 Å². The van der Waals surface area contributed by atoms with E-state index >= 15 is 0 Å². The standard InChI is InChI=1S/C22H28N2O4S/c1-13(2)11-22(21(26)27)12-15(4)18(19-23-8-9-29-19)24(22)20(25)16-7-6-14(3)17(10-16)28-5/h6-10,13,15,18H,11-12H2,1-5H3,(H,26,27). The first-order chi connectivity index (χ1) is 13.7. The van der Waals surface area contributed by atoms with Crippen LogP contribution in [0, 0.1) is 18.8 Å². The summed E-state index contributed by atoms with van der Waals surface area (Å²) in [6, 6.07) is 4.89. The molecule has 1 aromatic heterocycles. The minimum absolute atomic E-state index is 0.0210. The summed E-state index contributed by atoms with van der Waals surface area (Å²) in [7, 11) is 1.56. The van der Waals surface area contributed by atoms with E-state index in [4.69, 9.17) is 4.74 Å². The van der Waals surface area contributed by atoms with Crippen molar-refractivity contribution in [1.82, 2.24) is 9.88 Å². The Kier molecular flexibility index (Phi) is 5.98. The Labute approximate surface area is 175 Å². The lowest BCUT2D eigenvalue weighted by atomic mass is 9.84. The van der Waals surface area contributed by atoms with Crippen molar-refractivity contribution in [3.05, 3.63) is 45.9 Å². The average Bonchev–Trinajstić information content (AvgIpc) is 3.27. The van der Waals surface area contributed by atoms with Crippen molar-refractivity contribution in [2.75, 3.05) is 7.11 Å². The third-order valence-electron chi connectivity index (χ3n) is 5.66. The normalized spacial score (nSPS) is 24.1. The number of amides is 1. The number of carboxylic acid groups (broad SMARTS) is 1. The number of carbonyl (C=O) groups excluding carboxylic acids is 1. The molecule has 1 N–H and O–H groups in total. The highest BCUT2D eigenvalue weighted by Crippen LogP contribution is 2.50. The number of rotatable bonds is 6. The molecule has 3 unspecified atom stereocenters. The molecule has 1 amide bonds. The molecule has 29 heavy (non-hydrogen) atoms. The summed E-state index contributed by atoms with van der Waals surface area (Å²) in [5.41, 5.74) is 0.0820. The van der Waals surface area contributed by atoms with Gasteiger partial charge in [0.1, 0.15) is 16.3 Å². The van der Waals surface area contributed by atoms with Crippen LogP contribution in [-0.4, -0.2) is 39.5 Å². The summed E-state index contributed by atoms with van der Waals surface area (Å²) >= 11 is 1.46. The SMILES string of the molecule is COc1cc(C(=O)N2C(c3nccs3)C(C)CC2(CC(C)C)C(=O)O)ccc1C. The lowest BCUT2D eigenvalue weighted by Gasteiger charge is -2.38. The maximum Gasteiger partial charge on any atom is 0.329 e. The van der Waals surface area contributed by atoms with Gasteiger partial charge >= 0.3 is 5.97 Å². The first-order valence-electron chi connectivity index (χ1n) is 9.82. The average molecular weight is 417 g/mol. The molecule has 1 saturated heterocycles. The number of aliphatic carboxylic acids is 1. The maximum absolute atomic E-state index is 13.8. The molecular weight excluding hydrogens is 388 g/mol. The molecule has 1 aromatic carbocycles. The number of benzene rings is 1. The fourth-order valence-electron chi connectivity index (χ4n) is 4.55. The van der Waals surface area contributed by atoms with E-state index in [0.717, 1.165) is 10.6 Å². The molecule has 2 aromatic rings. The van der Waals surface area contributed by atoms with Gasteiger partial charge in [-0.05, 0) is 49.3 Å². The molecule has 7 heteroatoms. The third-order valence-corrected chi connectivity index (χ3v) is 6.51. The van der Waals surface area contributed by atoms with E-state index in [-0.39, 0.29) is 23.8 Å². The number of ether oxygens (including phenoxy) is 1. The summed E-state index contributed by atoms with van der Waals surface area (Å²) in [5, 5.41) is 13.0. The molecular formula is C22H28N2O4S. The van der Waals surface area contributed by atoms with Crippen LogP contribution in [0.1, 0.15) is 60.6 Å². The monoisotopic (exact) mass is 416 g/mol. The van der Waals surface area contributed by atoms with Crippen molar-refractivity contribution in [2.24, 2.45) is 11.8 Å². The number of hydrogen-bond donors (Lipinski definition) is 1. The van der Waals surface area contributed by atoms with E-state index < -0.39 is 11.5 Å². The van der Waals surface area contributed by atoms with Gasteiger partial charge in [0.2, 0.25) is 0 Å². The second kappa shape index (κ2) is 8.14. The maximum atomic E-state index is 13.8. The van der Waals surface area contributed by atoms with Gasteiger partial charge in [-0.25, -0.2) is 9.78 Å². The Hall–Kier alpha value is -2.41. The molecule has 2 heterocycles. The van der Waals surface area contributed by atoms with Crippen LogP contribution in [-0.2, 0) is 4.79 Å². The highest BCUT2D eigenvalue weighted by molar-refractivity contribution is 7.09. The van der Waals surface area contributed by atoms with Crippen molar-refractivity contribution in [3.8, 4) is 5.75 Å². The predicted octanol–water partition coefficient (Wildman–Crippen LogP) is 4.55. The molecule has 1 aliphatic rings. The van der Waals surface area contributed by atoms with Gasteiger partial charge in [0.05, 0.1) is 13.2 Å². The van der Waals surface area contributed by atoms with Crippen LogP contribution >= 0.6 is 11.3 Å². The number of methoxy groups -OCH3 is 1. The fraction of sp³-hybridized carbons (Fsp3) is 0.500. The van der Waals surface area contributed by atoms with Crippen LogP contribution in [0.5, 0.6) is 5.75 Å². The first kappa shape index (κ1) is 21.3. The largest absolute Gasteiger partial charge is 0.496 e. The summed E-state index contributed by atoms with van der Waals surface area (Å²) in [6.07, 6.45) is 2.50. The summed E-state index contributed by atoms with van der Waals surface area (Å²) < 4.78 is 5.39. The molecule has 1 aliphatic heterocycles. The highest BCUT2D eigenvalue weighted by atomic mass is 32.1. The van der Waals surface area contributed by atoms with Crippen LogP contribution in [0.25, 0.3) is 0 Å². The molecule has 156 valence electrons. The van der Waals surface area contributed by atoms with Gasteiger partial charge in [-0.15, -0.1) is 11.3 Å². The van der Waals surface area contributed by atoms with Gasteiger partial charge in [0.15, 0.2) is 0 Å². The number of carbonyl (C=O) groups is 2. The van der Waals surface area contributed by atoms with E-state index in [1.807, 2.05) is 39.1 Å².